The molecule has 0 saturated carbocycles. The molecule has 1 aromatic rings. The first-order valence-electron chi connectivity index (χ1n) is 10.1. The molecule has 0 spiro atoms. The van der Waals surface area contributed by atoms with Gasteiger partial charge in [0.25, 0.3) is 0 Å². The van der Waals surface area contributed by atoms with E-state index in [4.69, 9.17) is 0 Å². The van der Waals surface area contributed by atoms with Crippen molar-refractivity contribution in [1.82, 2.24) is 9.62 Å². The normalized spacial score (nSPS) is 21.5. The third-order valence-corrected chi connectivity index (χ3v) is 7.46. The molecule has 6 heteroatoms. The average Bonchev–Trinajstić information content (AvgIpc) is 2.70. The molecule has 1 aliphatic heterocycles. The average molecular weight is 391 g/mol. The van der Waals surface area contributed by atoms with Gasteiger partial charge in [-0.25, -0.2) is 8.42 Å². The molecule has 1 atom stereocenters. The van der Waals surface area contributed by atoms with E-state index in [1.807, 2.05) is 6.07 Å². The summed E-state index contributed by atoms with van der Waals surface area (Å²) in [5, 5.41) is 2.99. The van der Waals surface area contributed by atoms with Crippen LogP contribution in [0.5, 0.6) is 0 Å². The van der Waals surface area contributed by atoms with Crippen LogP contribution < -0.4 is 5.32 Å². The predicted molar refractivity (Wildman–Crippen MR) is 107 cm³/mol. The van der Waals surface area contributed by atoms with E-state index in [0.717, 1.165) is 38.5 Å². The summed E-state index contributed by atoms with van der Waals surface area (Å²) in [6.45, 7) is 1.13. The highest BCUT2D eigenvalue weighted by molar-refractivity contribution is 7.89. The van der Waals surface area contributed by atoms with Crippen molar-refractivity contribution >= 4 is 15.9 Å². The Morgan fingerprint density at radius 2 is 1.93 bits per heavy atom. The molecular formula is C21H30N2O3S. The minimum absolute atomic E-state index is 0.0495. The van der Waals surface area contributed by atoms with Crippen LogP contribution >= 0.6 is 0 Å². The molecule has 3 rings (SSSR count). The minimum atomic E-state index is -3.55. The topological polar surface area (TPSA) is 66.5 Å². The summed E-state index contributed by atoms with van der Waals surface area (Å²) in [4.78, 5) is 12.7. The lowest BCUT2D eigenvalue weighted by molar-refractivity contribution is -0.122. The lowest BCUT2D eigenvalue weighted by Crippen LogP contribution is -2.46. The fraction of sp³-hybridized carbons (Fsp3) is 0.571. The number of nitrogens with zero attached hydrogens (tertiary/aromatic N) is 1. The van der Waals surface area contributed by atoms with Gasteiger partial charge in [-0.05, 0) is 57.1 Å². The lowest BCUT2D eigenvalue weighted by Gasteiger charge is -2.34. The standard InChI is InChI=1S/C21H30N2O3S/c24-21(22-15-14-18-9-3-1-4-10-18)17-19-11-7-8-16-23(19)27(25,26)20-12-5-2-6-13-20/h2,5-6,9,12-13,19H,1,3-4,7-8,10-11,14-17H2,(H,22,24)/t19-/m1/s1. The van der Waals surface area contributed by atoms with Crippen LogP contribution in [0.15, 0.2) is 46.9 Å². The van der Waals surface area contributed by atoms with Crippen molar-refractivity contribution in [3.63, 3.8) is 0 Å². The molecule has 1 saturated heterocycles. The third-order valence-electron chi connectivity index (χ3n) is 5.50. The number of carbonyl (C=O) groups excluding carboxylic acids is 1. The van der Waals surface area contributed by atoms with E-state index in [1.165, 1.54) is 22.7 Å². The molecule has 1 fully saturated rings. The van der Waals surface area contributed by atoms with E-state index in [2.05, 4.69) is 11.4 Å². The number of amides is 1. The molecule has 0 unspecified atom stereocenters. The number of nitrogens with one attached hydrogen (secondary N) is 1. The van der Waals surface area contributed by atoms with Gasteiger partial charge >= 0.3 is 0 Å². The number of sulfonamides is 1. The molecule has 5 nitrogen and oxygen atoms in total. The molecular weight excluding hydrogens is 360 g/mol. The Morgan fingerprint density at radius 1 is 1.11 bits per heavy atom. The molecule has 27 heavy (non-hydrogen) atoms. The number of rotatable bonds is 7. The number of piperidine rings is 1. The molecule has 1 heterocycles. The van der Waals surface area contributed by atoms with Gasteiger partial charge < -0.3 is 5.32 Å². The Kier molecular flexibility index (Phi) is 7.07. The van der Waals surface area contributed by atoms with E-state index in [1.54, 1.807) is 24.3 Å². The zero-order valence-electron chi connectivity index (χ0n) is 15.9. The third kappa shape index (κ3) is 5.42. The SMILES string of the molecule is O=C(C[C@H]1CCCCN1S(=O)(=O)c1ccccc1)NCCC1=CCCCC1. The summed E-state index contributed by atoms with van der Waals surface area (Å²) in [6.07, 6.45) is 10.8. The molecule has 0 aromatic heterocycles. The van der Waals surface area contributed by atoms with Crippen LogP contribution in [0.3, 0.4) is 0 Å². The van der Waals surface area contributed by atoms with Crippen LogP contribution in [0.2, 0.25) is 0 Å². The minimum Gasteiger partial charge on any atom is -0.356 e. The van der Waals surface area contributed by atoms with Crippen molar-refractivity contribution in [3.8, 4) is 0 Å². The van der Waals surface area contributed by atoms with Crippen LogP contribution in [-0.2, 0) is 14.8 Å². The highest BCUT2D eigenvalue weighted by atomic mass is 32.2. The van der Waals surface area contributed by atoms with Crippen molar-refractivity contribution in [1.29, 1.82) is 0 Å². The number of benzene rings is 1. The van der Waals surface area contributed by atoms with Gasteiger partial charge in [-0.1, -0.05) is 36.3 Å². The summed E-state index contributed by atoms with van der Waals surface area (Å²) in [7, 11) is -3.55. The number of carbonyl (C=O) groups is 1. The fourth-order valence-electron chi connectivity index (χ4n) is 4.00. The highest BCUT2D eigenvalue weighted by Gasteiger charge is 2.34. The molecule has 0 bridgehead atoms. The monoisotopic (exact) mass is 390 g/mol. The summed E-state index contributed by atoms with van der Waals surface area (Å²) < 4.78 is 27.5. The van der Waals surface area contributed by atoms with Crippen LogP contribution in [0.4, 0.5) is 0 Å². The second-order valence-corrected chi connectivity index (χ2v) is 9.38. The zero-order valence-corrected chi connectivity index (χ0v) is 16.7. The molecule has 1 aromatic carbocycles. The van der Waals surface area contributed by atoms with Crippen molar-refractivity contribution in [2.24, 2.45) is 0 Å². The number of allylic oxidation sites excluding steroid dienone is 1. The van der Waals surface area contributed by atoms with Crippen LogP contribution in [0.1, 0.15) is 57.8 Å². The van der Waals surface area contributed by atoms with Gasteiger partial charge in [0, 0.05) is 25.6 Å². The maximum Gasteiger partial charge on any atom is 0.243 e. The number of hydrogen-bond donors (Lipinski definition) is 1. The maximum atomic E-state index is 13.0. The molecule has 1 amide bonds. The van der Waals surface area contributed by atoms with E-state index in [-0.39, 0.29) is 18.4 Å². The largest absolute Gasteiger partial charge is 0.356 e. The maximum absolute atomic E-state index is 13.0. The van der Waals surface area contributed by atoms with Crippen molar-refractivity contribution in [2.75, 3.05) is 13.1 Å². The first-order valence-corrected chi connectivity index (χ1v) is 11.5. The van der Waals surface area contributed by atoms with E-state index < -0.39 is 10.0 Å². The summed E-state index contributed by atoms with van der Waals surface area (Å²) in [6, 6.07) is 8.27. The molecule has 1 aliphatic carbocycles. The van der Waals surface area contributed by atoms with E-state index in [9.17, 15) is 13.2 Å². The predicted octanol–water partition coefficient (Wildman–Crippen LogP) is 3.63. The Hall–Kier alpha value is -1.66. The van der Waals surface area contributed by atoms with Gasteiger partial charge in [-0.2, -0.15) is 4.31 Å². The van der Waals surface area contributed by atoms with Crippen molar-refractivity contribution in [2.45, 2.75) is 68.7 Å². The van der Waals surface area contributed by atoms with Crippen molar-refractivity contribution < 1.29 is 13.2 Å². The Morgan fingerprint density at radius 3 is 2.67 bits per heavy atom. The fourth-order valence-corrected chi connectivity index (χ4v) is 5.72. The molecule has 148 valence electrons. The Labute approximate surface area is 162 Å². The first kappa shape index (κ1) is 20.1. The van der Waals surface area contributed by atoms with Gasteiger partial charge in [0.1, 0.15) is 0 Å². The molecule has 2 aliphatic rings. The molecule has 0 radical (unpaired) electrons. The summed E-state index contributed by atoms with van der Waals surface area (Å²) in [5.74, 6) is -0.0495. The van der Waals surface area contributed by atoms with Crippen LogP contribution in [0, 0.1) is 0 Å². The Bertz CT molecular complexity index is 759. The molecule has 1 N–H and O–H groups in total. The second-order valence-electron chi connectivity index (χ2n) is 7.49. The van der Waals surface area contributed by atoms with Crippen LogP contribution in [0.25, 0.3) is 0 Å². The highest BCUT2D eigenvalue weighted by Crippen LogP contribution is 2.27. The Balaban J connectivity index is 1.57. The van der Waals surface area contributed by atoms with Gasteiger partial charge in [0.15, 0.2) is 0 Å². The smallest absolute Gasteiger partial charge is 0.243 e. The second kappa shape index (κ2) is 9.51. The number of hydrogen-bond acceptors (Lipinski definition) is 3. The van der Waals surface area contributed by atoms with Gasteiger partial charge in [-0.3, -0.25) is 4.79 Å². The quantitative estimate of drug-likeness (QED) is 0.723. The summed E-state index contributed by atoms with van der Waals surface area (Å²) in [5.41, 5.74) is 1.44. The van der Waals surface area contributed by atoms with Gasteiger partial charge in [-0.15, -0.1) is 0 Å². The van der Waals surface area contributed by atoms with Crippen LogP contribution in [-0.4, -0.2) is 37.8 Å². The van der Waals surface area contributed by atoms with E-state index >= 15 is 0 Å². The summed E-state index contributed by atoms with van der Waals surface area (Å²) >= 11 is 0. The zero-order chi connectivity index (χ0) is 19.1. The van der Waals surface area contributed by atoms with Crippen molar-refractivity contribution in [3.05, 3.63) is 42.0 Å². The van der Waals surface area contributed by atoms with Gasteiger partial charge in [0.2, 0.25) is 15.9 Å². The lowest BCUT2D eigenvalue weighted by atomic mass is 9.97. The van der Waals surface area contributed by atoms with Gasteiger partial charge in [0.05, 0.1) is 4.90 Å². The first-order chi connectivity index (χ1) is 13.1. The van der Waals surface area contributed by atoms with E-state index in [0.29, 0.717) is 18.0 Å².